The smallest absolute Gasteiger partial charge is 0.328 e. The highest BCUT2D eigenvalue weighted by molar-refractivity contribution is 5.99. The number of para-hydroxylation sites is 1. The fourth-order valence-electron chi connectivity index (χ4n) is 1.57. The molecule has 0 aromatic heterocycles. The van der Waals surface area contributed by atoms with Crippen molar-refractivity contribution in [3.05, 3.63) is 29.3 Å². The van der Waals surface area contributed by atoms with Crippen LogP contribution < -0.4 is 5.32 Å². The predicted molar refractivity (Wildman–Crippen MR) is 75.6 cm³/mol. The Balaban J connectivity index is 2.76. The van der Waals surface area contributed by atoms with Crippen LogP contribution in [0.3, 0.4) is 0 Å². The second kappa shape index (κ2) is 5.94. The second-order valence-electron chi connectivity index (χ2n) is 5.70. The fraction of sp³-hybridized carbons (Fsp3) is 0.467. The summed E-state index contributed by atoms with van der Waals surface area (Å²) in [7, 11) is 0. The zero-order valence-electron chi connectivity index (χ0n) is 12.5. The number of esters is 1. The molecule has 0 aliphatic carbocycles. The van der Waals surface area contributed by atoms with Crippen molar-refractivity contribution < 1.29 is 19.4 Å². The molecule has 0 heterocycles. The molecule has 0 radical (unpaired) electrons. The second-order valence-corrected chi connectivity index (χ2v) is 5.70. The maximum absolute atomic E-state index is 12.0. The van der Waals surface area contributed by atoms with Crippen LogP contribution in [0.2, 0.25) is 0 Å². The van der Waals surface area contributed by atoms with Gasteiger partial charge in [-0.15, -0.1) is 0 Å². The molecule has 0 bridgehead atoms. The van der Waals surface area contributed by atoms with Crippen LogP contribution in [0, 0.1) is 6.92 Å². The fourth-order valence-corrected chi connectivity index (χ4v) is 1.57. The SMILES string of the molecule is Cc1cccc(C(=O)N[C@@H](C)C(=O)OC(C)(C)C)c1O. The first-order valence-corrected chi connectivity index (χ1v) is 6.44. The Kier molecular flexibility index (Phi) is 4.76. The number of rotatable bonds is 3. The van der Waals surface area contributed by atoms with E-state index in [-0.39, 0.29) is 11.3 Å². The molecule has 110 valence electrons. The summed E-state index contributed by atoms with van der Waals surface area (Å²) in [6.45, 7) is 8.51. The molecule has 0 unspecified atom stereocenters. The summed E-state index contributed by atoms with van der Waals surface area (Å²) in [4.78, 5) is 23.8. The Labute approximate surface area is 118 Å². The number of phenolic OH excluding ortho intramolecular Hbond substituents is 1. The summed E-state index contributed by atoms with van der Waals surface area (Å²) >= 11 is 0. The molecule has 1 rings (SSSR count). The predicted octanol–water partition coefficient (Wildman–Crippen LogP) is 2.16. The van der Waals surface area contributed by atoms with Crippen LogP contribution in [-0.4, -0.2) is 28.6 Å². The number of aromatic hydroxyl groups is 1. The van der Waals surface area contributed by atoms with Gasteiger partial charge < -0.3 is 15.2 Å². The van der Waals surface area contributed by atoms with Gasteiger partial charge in [-0.05, 0) is 46.2 Å². The van der Waals surface area contributed by atoms with Crippen LogP contribution >= 0.6 is 0 Å². The first-order valence-electron chi connectivity index (χ1n) is 6.44. The lowest BCUT2D eigenvalue weighted by atomic mass is 10.1. The highest BCUT2D eigenvalue weighted by atomic mass is 16.6. The number of amides is 1. The van der Waals surface area contributed by atoms with Gasteiger partial charge in [-0.1, -0.05) is 12.1 Å². The highest BCUT2D eigenvalue weighted by Gasteiger charge is 2.24. The minimum atomic E-state index is -0.790. The number of hydrogen-bond acceptors (Lipinski definition) is 4. The number of benzene rings is 1. The molecular formula is C15H21NO4. The first kappa shape index (κ1) is 16.0. The van der Waals surface area contributed by atoms with Gasteiger partial charge in [-0.25, -0.2) is 4.79 Å². The number of phenols is 1. The van der Waals surface area contributed by atoms with Crippen LogP contribution in [0.25, 0.3) is 0 Å². The molecule has 0 saturated heterocycles. The van der Waals surface area contributed by atoms with Crippen LogP contribution in [0.15, 0.2) is 18.2 Å². The topological polar surface area (TPSA) is 75.6 Å². The van der Waals surface area contributed by atoms with Crippen molar-refractivity contribution in [1.29, 1.82) is 0 Å². The van der Waals surface area contributed by atoms with E-state index in [1.807, 2.05) is 0 Å². The summed E-state index contributed by atoms with van der Waals surface area (Å²) in [6.07, 6.45) is 0. The number of aryl methyl sites for hydroxylation is 1. The van der Waals surface area contributed by atoms with E-state index in [1.165, 1.54) is 6.07 Å². The lowest BCUT2D eigenvalue weighted by molar-refractivity contribution is -0.156. The summed E-state index contributed by atoms with van der Waals surface area (Å²) in [5, 5.41) is 12.3. The molecule has 0 saturated carbocycles. The van der Waals surface area contributed by atoms with Crippen molar-refractivity contribution in [1.82, 2.24) is 5.32 Å². The molecule has 0 aliphatic heterocycles. The van der Waals surface area contributed by atoms with Gasteiger partial charge in [0.25, 0.3) is 5.91 Å². The van der Waals surface area contributed by atoms with Gasteiger partial charge in [-0.2, -0.15) is 0 Å². The van der Waals surface area contributed by atoms with E-state index in [4.69, 9.17) is 4.74 Å². The Morgan fingerprint density at radius 3 is 2.45 bits per heavy atom. The molecule has 1 atom stereocenters. The number of carbonyl (C=O) groups excluding carboxylic acids is 2. The highest BCUT2D eigenvalue weighted by Crippen LogP contribution is 2.21. The van der Waals surface area contributed by atoms with Gasteiger partial charge in [0.15, 0.2) is 0 Å². The van der Waals surface area contributed by atoms with Crippen molar-refractivity contribution in [2.24, 2.45) is 0 Å². The Morgan fingerprint density at radius 2 is 1.90 bits per heavy atom. The van der Waals surface area contributed by atoms with E-state index in [1.54, 1.807) is 46.8 Å². The van der Waals surface area contributed by atoms with Crippen LogP contribution in [-0.2, 0) is 9.53 Å². The molecule has 1 amide bonds. The maximum atomic E-state index is 12.0. The zero-order chi connectivity index (χ0) is 15.5. The van der Waals surface area contributed by atoms with Gasteiger partial charge in [0.2, 0.25) is 0 Å². The molecule has 5 heteroatoms. The van der Waals surface area contributed by atoms with E-state index in [0.29, 0.717) is 5.56 Å². The third-order valence-corrected chi connectivity index (χ3v) is 2.59. The first-order chi connectivity index (χ1) is 9.11. The van der Waals surface area contributed by atoms with Gasteiger partial charge in [-0.3, -0.25) is 4.79 Å². The number of carbonyl (C=O) groups is 2. The van der Waals surface area contributed by atoms with E-state index < -0.39 is 23.5 Å². The van der Waals surface area contributed by atoms with Crippen molar-refractivity contribution in [3.8, 4) is 5.75 Å². The van der Waals surface area contributed by atoms with Crippen molar-refractivity contribution in [2.75, 3.05) is 0 Å². The standard InChI is InChI=1S/C15H21NO4/c1-9-7-6-8-11(12(9)17)13(18)16-10(2)14(19)20-15(3,4)5/h6-8,10,17H,1-5H3,(H,16,18)/t10-/m0/s1. The van der Waals surface area contributed by atoms with E-state index in [0.717, 1.165) is 0 Å². The number of ether oxygens (including phenoxy) is 1. The van der Waals surface area contributed by atoms with Crippen LogP contribution in [0.5, 0.6) is 5.75 Å². The lowest BCUT2D eigenvalue weighted by Crippen LogP contribution is -2.42. The summed E-state index contributed by atoms with van der Waals surface area (Å²) in [5.41, 5.74) is 0.129. The average Bonchev–Trinajstić information content (AvgIpc) is 2.30. The molecule has 0 fully saturated rings. The Hall–Kier alpha value is -2.04. The van der Waals surface area contributed by atoms with Gasteiger partial charge >= 0.3 is 5.97 Å². The monoisotopic (exact) mass is 279 g/mol. The molecule has 20 heavy (non-hydrogen) atoms. The van der Waals surface area contributed by atoms with Gasteiger partial charge in [0.05, 0.1) is 5.56 Å². The maximum Gasteiger partial charge on any atom is 0.328 e. The van der Waals surface area contributed by atoms with Crippen LogP contribution in [0.4, 0.5) is 0 Å². The third kappa shape index (κ3) is 4.26. The van der Waals surface area contributed by atoms with Gasteiger partial charge in [0, 0.05) is 0 Å². The molecule has 2 N–H and O–H groups in total. The molecule has 0 aliphatic rings. The lowest BCUT2D eigenvalue weighted by Gasteiger charge is -2.22. The van der Waals surface area contributed by atoms with E-state index >= 15 is 0 Å². The zero-order valence-corrected chi connectivity index (χ0v) is 12.5. The molecule has 1 aromatic carbocycles. The van der Waals surface area contributed by atoms with Crippen LogP contribution in [0.1, 0.15) is 43.6 Å². The van der Waals surface area contributed by atoms with Gasteiger partial charge in [0.1, 0.15) is 17.4 Å². The number of nitrogens with one attached hydrogen (secondary N) is 1. The van der Waals surface area contributed by atoms with Crippen molar-refractivity contribution >= 4 is 11.9 Å². The van der Waals surface area contributed by atoms with E-state index in [9.17, 15) is 14.7 Å². The average molecular weight is 279 g/mol. The Morgan fingerprint density at radius 1 is 1.30 bits per heavy atom. The molecular weight excluding hydrogens is 258 g/mol. The molecule has 5 nitrogen and oxygen atoms in total. The largest absolute Gasteiger partial charge is 0.507 e. The normalized spacial score (nSPS) is 12.7. The Bertz CT molecular complexity index is 517. The summed E-state index contributed by atoms with van der Waals surface area (Å²) in [5.74, 6) is -1.11. The van der Waals surface area contributed by atoms with Crippen molar-refractivity contribution in [3.63, 3.8) is 0 Å². The molecule has 0 spiro atoms. The summed E-state index contributed by atoms with van der Waals surface area (Å²) in [6, 6.07) is 4.08. The minimum absolute atomic E-state index is 0.0820. The minimum Gasteiger partial charge on any atom is -0.507 e. The molecule has 1 aromatic rings. The third-order valence-electron chi connectivity index (χ3n) is 2.59. The quantitative estimate of drug-likeness (QED) is 0.831. The number of hydrogen-bond donors (Lipinski definition) is 2. The van der Waals surface area contributed by atoms with Crippen molar-refractivity contribution in [2.45, 2.75) is 46.3 Å². The van der Waals surface area contributed by atoms with E-state index in [2.05, 4.69) is 5.32 Å². The summed E-state index contributed by atoms with van der Waals surface area (Å²) < 4.78 is 5.17.